The van der Waals surface area contributed by atoms with Crippen LogP contribution >= 0.6 is 0 Å². The van der Waals surface area contributed by atoms with E-state index in [0.29, 0.717) is 26.1 Å². The van der Waals surface area contributed by atoms with Crippen LogP contribution in [0.25, 0.3) is 0 Å². The zero-order chi connectivity index (χ0) is 24.0. The highest BCUT2D eigenvalue weighted by atomic mass is 19.4. The summed E-state index contributed by atoms with van der Waals surface area (Å²) in [7, 11) is 0. The monoisotopic (exact) mass is 473 g/mol. The minimum Gasteiger partial charge on any atom is -0.403 e. The SMILES string of the molecule is C[C@H]1C(=O)N(CCCN2CCC3(CC3)[C@H](O)C2)CC(=O)N1c1ccc(F)c(OC(F)(F)F)c1. The van der Waals surface area contributed by atoms with Crippen LogP contribution in [0.5, 0.6) is 5.75 Å². The zero-order valence-corrected chi connectivity index (χ0v) is 18.3. The molecule has 2 saturated heterocycles. The molecule has 1 aliphatic carbocycles. The molecular formula is C22H27F4N3O4. The number of ether oxygens (including phenoxy) is 1. The number of carbonyl (C=O) groups is 2. The summed E-state index contributed by atoms with van der Waals surface area (Å²) < 4.78 is 55.0. The Bertz CT molecular complexity index is 921. The van der Waals surface area contributed by atoms with Crippen LogP contribution in [-0.4, -0.2) is 78.0 Å². The van der Waals surface area contributed by atoms with Crippen molar-refractivity contribution in [3.05, 3.63) is 24.0 Å². The van der Waals surface area contributed by atoms with Gasteiger partial charge in [0.1, 0.15) is 12.6 Å². The first kappa shape index (κ1) is 23.7. The number of β-amino-alcohol motifs (C(OH)–C–C–N with tert-alkyl or cyclic N) is 1. The predicted octanol–water partition coefficient (Wildman–Crippen LogP) is 2.52. The number of hydrogen-bond donors (Lipinski definition) is 1. The lowest BCUT2D eigenvalue weighted by molar-refractivity contribution is -0.275. The van der Waals surface area contributed by atoms with Gasteiger partial charge < -0.3 is 19.6 Å². The number of likely N-dealkylation sites (tertiary alicyclic amines) is 1. The number of piperazine rings is 1. The molecule has 2 heterocycles. The van der Waals surface area contributed by atoms with E-state index in [1.54, 1.807) is 0 Å². The lowest BCUT2D eigenvalue weighted by atomic mass is 9.90. The molecule has 1 N–H and O–H groups in total. The van der Waals surface area contributed by atoms with Gasteiger partial charge in [-0.25, -0.2) is 4.39 Å². The average molecular weight is 473 g/mol. The van der Waals surface area contributed by atoms with E-state index in [-0.39, 0.29) is 29.7 Å². The van der Waals surface area contributed by atoms with Gasteiger partial charge in [0.2, 0.25) is 11.8 Å². The zero-order valence-electron chi connectivity index (χ0n) is 18.3. The summed E-state index contributed by atoms with van der Waals surface area (Å²) in [6.07, 6.45) is -1.64. The highest BCUT2D eigenvalue weighted by Gasteiger charge is 2.51. The fraction of sp³-hybridized carbons (Fsp3) is 0.636. The number of carbonyl (C=O) groups excluding carboxylic acids is 2. The van der Waals surface area contributed by atoms with E-state index in [4.69, 9.17) is 0 Å². The second-order valence-corrected chi connectivity index (χ2v) is 9.14. The molecule has 4 rings (SSSR count). The summed E-state index contributed by atoms with van der Waals surface area (Å²) in [4.78, 5) is 30.3. The molecule has 3 fully saturated rings. The van der Waals surface area contributed by atoms with Crippen molar-refractivity contribution in [2.75, 3.05) is 37.6 Å². The van der Waals surface area contributed by atoms with Crippen LogP contribution in [0.15, 0.2) is 18.2 Å². The van der Waals surface area contributed by atoms with E-state index in [2.05, 4.69) is 9.64 Å². The maximum atomic E-state index is 13.7. The third kappa shape index (κ3) is 5.08. The van der Waals surface area contributed by atoms with Gasteiger partial charge >= 0.3 is 6.36 Å². The van der Waals surface area contributed by atoms with Crippen molar-refractivity contribution in [2.45, 2.75) is 51.1 Å². The molecule has 0 aromatic heterocycles. The number of benzene rings is 1. The normalized spacial score (nSPS) is 25.6. The maximum Gasteiger partial charge on any atom is 0.573 e. The quantitative estimate of drug-likeness (QED) is 0.643. The summed E-state index contributed by atoms with van der Waals surface area (Å²) in [5, 5.41) is 10.3. The largest absolute Gasteiger partial charge is 0.573 e. The predicted molar refractivity (Wildman–Crippen MR) is 110 cm³/mol. The summed E-state index contributed by atoms with van der Waals surface area (Å²) >= 11 is 0. The molecule has 0 bridgehead atoms. The molecule has 7 nitrogen and oxygen atoms in total. The highest BCUT2D eigenvalue weighted by molar-refractivity contribution is 6.06. The van der Waals surface area contributed by atoms with Crippen LogP contribution in [0.2, 0.25) is 0 Å². The van der Waals surface area contributed by atoms with Crippen molar-refractivity contribution in [3.8, 4) is 5.75 Å². The van der Waals surface area contributed by atoms with Gasteiger partial charge in [0.15, 0.2) is 11.6 Å². The number of halogens is 4. The molecule has 1 saturated carbocycles. The molecule has 3 aliphatic rings. The first-order valence-corrected chi connectivity index (χ1v) is 11.1. The van der Waals surface area contributed by atoms with Crippen molar-refractivity contribution in [1.29, 1.82) is 0 Å². The third-order valence-corrected chi connectivity index (χ3v) is 6.93. The summed E-state index contributed by atoms with van der Waals surface area (Å²) in [6, 6.07) is 1.73. The van der Waals surface area contributed by atoms with Gasteiger partial charge in [-0.1, -0.05) is 0 Å². The van der Waals surface area contributed by atoms with Gasteiger partial charge in [-0.05, 0) is 63.2 Å². The number of anilines is 1. The minimum absolute atomic E-state index is 0.0440. The Morgan fingerprint density at radius 3 is 2.55 bits per heavy atom. The Labute approximate surface area is 188 Å². The smallest absolute Gasteiger partial charge is 0.403 e. The number of aliphatic hydroxyl groups excluding tert-OH is 1. The van der Waals surface area contributed by atoms with Crippen molar-refractivity contribution in [2.24, 2.45) is 5.41 Å². The molecule has 2 atom stereocenters. The van der Waals surface area contributed by atoms with Gasteiger partial charge in [0, 0.05) is 24.8 Å². The summed E-state index contributed by atoms with van der Waals surface area (Å²) in [5.74, 6) is -3.10. The molecule has 2 amide bonds. The van der Waals surface area contributed by atoms with Crippen LogP contribution in [0.4, 0.5) is 23.2 Å². The van der Waals surface area contributed by atoms with Gasteiger partial charge in [-0.3, -0.25) is 14.5 Å². The first-order valence-electron chi connectivity index (χ1n) is 11.1. The number of amides is 2. The van der Waals surface area contributed by atoms with Crippen molar-refractivity contribution in [1.82, 2.24) is 9.80 Å². The second kappa shape index (κ2) is 8.75. The van der Waals surface area contributed by atoms with E-state index >= 15 is 0 Å². The standard InChI is InChI=1S/C22H27F4N3O4/c1-14-20(32)28(9-2-8-27-10-7-21(5-6-21)18(30)12-27)13-19(31)29(14)15-3-4-16(23)17(11-15)33-22(24,25)26/h3-4,11,14,18,30H,2,5-10,12-13H2,1H3/t14-,18+/m0/s1. The van der Waals surface area contributed by atoms with E-state index in [0.717, 1.165) is 48.9 Å². The molecule has 1 spiro atoms. The Morgan fingerprint density at radius 2 is 1.91 bits per heavy atom. The molecule has 182 valence electrons. The summed E-state index contributed by atoms with van der Waals surface area (Å²) in [6.45, 7) is 3.83. The van der Waals surface area contributed by atoms with Gasteiger partial charge in [-0.2, -0.15) is 0 Å². The van der Waals surface area contributed by atoms with E-state index in [9.17, 15) is 32.3 Å². The molecule has 33 heavy (non-hydrogen) atoms. The Hall–Kier alpha value is -2.40. The number of alkyl halides is 3. The first-order chi connectivity index (χ1) is 15.5. The lowest BCUT2D eigenvalue weighted by Crippen LogP contribution is -2.59. The van der Waals surface area contributed by atoms with Gasteiger partial charge in [-0.15, -0.1) is 13.2 Å². The second-order valence-electron chi connectivity index (χ2n) is 9.14. The van der Waals surface area contributed by atoms with Crippen LogP contribution in [-0.2, 0) is 9.59 Å². The topological polar surface area (TPSA) is 73.3 Å². The Kier molecular flexibility index (Phi) is 6.30. The molecule has 1 aromatic carbocycles. The molecule has 0 unspecified atom stereocenters. The summed E-state index contributed by atoms with van der Waals surface area (Å²) in [5.41, 5.74) is 0.0770. The van der Waals surface area contributed by atoms with Crippen LogP contribution in [0.3, 0.4) is 0 Å². The highest BCUT2D eigenvalue weighted by Crippen LogP contribution is 2.53. The van der Waals surface area contributed by atoms with Gasteiger partial charge in [0.25, 0.3) is 0 Å². The van der Waals surface area contributed by atoms with Crippen LogP contribution in [0, 0.1) is 11.2 Å². The number of rotatable bonds is 6. The van der Waals surface area contributed by atoms with E-state index in [1.165, 1.54) is 11.8 Å². The fourth-order valence-corrected chi connectivity index (χ4v) is 4.82. The Balaban J connectivity index is 1.35. The number of hydrogen-bond acceptors (Lipinski definition) is 5. The minimum atomic E-state index is -5.09. The molecule has 11 heteroatoms. The number of piperidine rings is 1. The lowest BCUT2D eigenvalue weighted by Gasteiger charge is -2.39. The van der Waals surface area contributed by atoms with Crippen molar-refractivity contribution >= 4 is 17.5 Å². The van der Waals surface area contributed by atoms with E-state index < -0.39 is 29.9 Å². The van der Waals surface area contributed by atoms with Crippen LogP contribution in [0.1, 0.15) is 32.6 Å². The van der Waals surface area contributed by atoms with Crippen molar-refractivity contribution < 1.29 is 37.0 Å². The maximum absolute atomic E-state index is 13.7. The molecule has 2 aliphatic heterocycles. The molecule has 0 radical (unpaired) electrons. The van der Waals surface area contributed by atoms with Gasteiger partial charge in [0.05, 0.1) is 6.10 Å². The van der Waals surface area contributed by atoms with Crippen LogP contribution < -0.4 is 9.64 Å². The number of nitrogens with zero attached hydrogens (tertiary/aromatic N) is 3. The molecular weight excluding hydrogens is 446 g/mol. The molecule has 1 aromatic rings. The fourth-order valence-electron chi connectivity index (χ4n) is 4.82. The van der Waals surface area contributed by atoms with Crippen molar-refractivity contribution in [3.63, 3.8) is 0 Å². The van der Waals surface area contributed by atoms with E-state index in [1.807, 2.05) is 0 Å². The number of aliphatic hydroxyl groups is 1. The third-order valence-electron chi connectivity index (χ3n) is 6.93. The Morgan fingerprint density at radius 1 is 1.18 bits per heavy atom. The average Bonchev–Trinajstić information content (AvgIpc) is 3.51.